The third-order valence-corrected chi connectivity index (χ3v) is 4.78. The van der Waals surface area contributed by atoms with Gasteiger partial charge in [-0.25, -0.2) is 13.1 Å². The van der Waals surface area contributed by atoms with Crippen molar-refractivity contribution in [1.29, 1.82) is 0 Å². The molecule has 6 nitrogen and oxygen atoms in total. The van der Waals surface area contributed by atoms with Crippen LogP contribution in [-0.2, 0) is 19.5 Å². The average Bonchev–Trinajstić information content (AvgIpc) is 2.50. The number of sulfonamides is 1. The minimum Gasteiger partial charge on any atom is -0.353 e. The predicted molar refractivity (Wildman–Crippen MR) is 95.1 cm³/mol. The predicted octanol–water partition coefficient (Wildman–Crippen LogP) is 2.25. The van der Waals surface area contributed by atoms with Gasteiger partial charge in [0.05, 0.1) is 5.75 Å². The summed E-state index contributed by atoms with van der Waals surface area (Å²) in [5.41, 5.74) is 0. The van der Waals surface area contributed by atoms with E-state index in [0.29, 0.717) is 26.3 Å². The lowest BCUT2D eigenvalue weighted by atomic mass is 10.2. The van der Waals surface area contributed by atoms with E-state index in [-0.39, 0.29) is 12.0 Å². The number of nitrogens with one attached hydrogen (secondary N) is 2. The number of rotatable bonds is 17. The highest BCUT2D eigenvalue weighted by molar-refractivity contribution is 7.89. The van der Waals surface area contributed by atoms with Crippen LogP contribution in [0.4, 0.5) is 0 Å². The normalized spacial score (nSPS) is 12.2. The Balaban J connectivity index is 3.61. The van der Waals surface area contributed by atoms with Gasteiger partial charge in [-0.2, -0.15) is 0 Å². The Kier molecular flexibility index (Phi) is 15.2. The van der Waals surface area contributed by atoms with Crippen molar-refractivity contribution in [3.05, 3.63) is 0 Å². The van der Waals surface area contributed by atoms with Crippen molar-refractivity contribution >= 4 is 10.0 Å². The van der Waals surface area contributed by atoms with E-state index >= 15 is 0 Å². The minimum absolute atomic E-state index is 0.126. The van der Waals surface area contributed by atoms with Crippen LogP contribution in [0, 0.1) is 0 Å². The van der Waals surface area contributed by atoms with Crippen LogP contribution < -0.4 is 10.0 Å². The molecule has 0 spiro atoms. The number of hydrogen-bond donors (Lipinski definition) is 2. The van der Waals surface area contributed by atoms with Crippen molar-refractivity contribution in [2.45, 2.75) is 65.6 Å². The van der Waals surface area contributed by atoms with Crippen molar-refractivity contribution < 1.29 is 17.9 Å². The smallest absolute Gasteiger partial charge is 0.212 e. The van der Waals surface area contributed by atoms with Crippen LogP contribution in [0.3, 0.4) is 0 Å². The monoisotopic (exact) mass is 352 g/mol. The van der Waals surface area contributed by atoms with Crippen molar-refractivity contribution in [3.63, 3.8) is 0 Å². The van der Waals surface area contributed by atoms with Crippen molar-refractivity contribution in [2.75, 3.05) is 38.6 Å². The molecule has 0 aliphatic carbocycles. The second-order valence-corrected chi connectivity index (χ2v) is 7.43. The molecular weight excluding hydrogens is 316 g/mol. The molecule has 0 radical (unpaired) electrons. The number of hydrogen-bond acceptors (Lipinski definition) is 5. The molecule has 0 aliphatic heterocycles. The summed E-state index contributed by atoms with van der Waals surface area (Å²) in [6, 6.07) is 0. The first kappa shape index (κ1) is 22.8. The maximum Gasteiger partial charge on any atom is 0.212 e. The summed E-state index contributed by atoms with van der Waals surface area (Å²) in [4.78, 5) is 0. The van der Waals surface area contributed by atoms with Crippen molar-refractivity contribution in [3.8, 4) is 0 Å². The molecule has 7 heteroatoms. The first-order valence-corrected chi connectivity index (χ1v) is 10.6. The molecule has 0 heterocycles. The van der Waals surface area contributed by atoms with Gasteiger partial charge in [0.15, 0.2) is 6.29 Å². The summed E-state index contributed by atoms with van der Waals surface area (Å²) >= 11 is 0. The lowest BCUT2D eigenvalue weighted by molar-refractivity contribution is -0.139. The second kappa shape index (κ2) is 15.3. The Morgan fingerprint density at radius 1 is 0.870 bits per heavy atom. The van der Waals surface area contributed by atoms with Gasteiger partial charge >= 0.3 is 0 Å². The topological polar surface area (TPSA) is 76.7 Å². The van der Waals surface area contributed by atoms with E-state index < -0.39 is 10.0 Å². The second-order valence-electron chi connectivity index (χ2n) is 5.51. The molecule has 0 aromatic rings. The average molecular weight is 353 g/mol. The zero-order valence-corrected chi connectivity index (χ0v) is 15.9. The third kappa shape index (κ3) is 15.1. The van der Waals surface area contributed by atoms with Crippen LogP contribution in [0.5, 0.6) is 0 Å². The fourth-order valence-corrected chi connectivity index (χ4v) is 3.18. The van der Waals surface area contributed by atoms with Crippen LogP contribution >= 0.6 is 0 Å². The standard InChI is InChI=1S/C16H36N2O4S/c1-4-7-8-9-13-18-23(19,20)15-14-17-12-10-11-16(21-5-2)22-6-3/h16-18H,4-15H2,1-3H3. The summed E-state index contributed by atoms with van der Waals surface area (Å²) in [5, 5.41) is 3.16. The SMILES string of the molecule is CCCCCCNS(=O)(=O)CCNCCCC(OCC)OCC. The van der Waals surface area contributed by atoms with Gasteiger partial charge < -0.3 is 14.8 Å². The Labute approximate surface area is 142 Å². The molecule has 0 amide bonds. The molecule has 0 unspecified atom stereocenters. The Morgan fingerprint density at radius 3 is 2.17 bits per heavy atom. The lowest BCUT2D eigenvalue weighted by Crippen LogP contribution is -2.33. The zero-order valence-electron chi connectivity index (χ0n) is 15.1. The molecule has 0 aromatic heterocycles. The molecule has 0 rings (SSSR count). The van der Waals surface area contributed by atoms with E-state index in [9.17, 15) is 8.42 Å². The highest BCUT2D eigenvalue weighted by atomic mass is 32.2. The van der Waals surface area contributed by atoms with E-state index in [4.69, 9.17) is 9.47 Å². The summed E-state index contributed by atoms with van der Waals surface area (Å²) in [6.45, 7) is 9.10. The minimum atomic E-state index is -3.15. The summed E-state index contributed by atoms with van der Waals surface area (Å²) in [6.07, 6.45) is 5.87. The molecule has 23 heavy (non-hydrogen) atoms. The highest BCUT2D eigenvalue weighted by Crippen LogP contribution is 2.03. The quantitative estimate of drug-likeness (QED) is 0.310. The molecule has 2 N–H and O–H groups in total. The van der Waals surface area contributed by atoms with Gasteiger partial charge in [0.1, 0.15) is 0 Å². The maximum atomic E-state index is 11.8. The lowest BCUT2D eigenvalue weighted by Gasteiger charge is -2.16. The molecule has 0 saturated heterocycles. The number of unbranched alkanes of at least 4 members (excludes halogenated alkanes) is 3. The first-order valence-electron chi connectivity index (χ1n) is 8.97. The van der Waals surface area contributed by atoms with Gasteiger partial charge in [-0.15, -0.1) is 0 Å². The summed E-state index contributed by atoms with van der Waals surface area (Å²) < 4.78 is 37.1. The molecule has 0 saturated carbocycles. The Bertz CT molecular complexity index is 344. The van der Waals surface area contributed by atoms with Crippen molar-refractivity contribution in [2.24, 2.45) is 0 Å². The van der Waals surface area contributed by atoms with E-state index in [2.05, 4.69) is 17.0 Å². The van der Waals surface area contributed by atoms with Gasteiger partial charge in [0.25, 0.3) is 0 Å². The van der Waals surface area contributed by atoms with Crippen LogP contribution in [0.2, 0.25) is 0 Å². The molecule has 140 valence electrons. The zero-order chi connectivity index (χ0) is 17.4. The van der Waals surface area contributed by atoms with Crippen molar-refractivity contribution in [1.82, 2.24) is 10.0 Å². The van der Waals surface area contributed by atoms with Gasteiger partial charge in [0.2, 0.25) is 10.0 Å². The molecular formula is C16H36N2O4S. The maximum absolute atomic E-state index is 11.8. The molecule has 0 fully saturated rings. The highest BCUT2D eigenvalue weighted by Gasteiger charge is 2.09. The van der Waals surface area contributed by atoms with Gasteiger partial charge in [0, 0.05) is 26.3 Å². The number of ether oxygens (including phenoxy) is 2. The Morgan fingerprint density at radius 2 is 1.57 bits per heavy atom. The molecule has 0 bridgehead atoms. The molecule has 0 aliphatic rings. The fraction of sp³-hybridized carbons (Fsp3) is 1.00. The van der Waals surface area contributed by atoms with E-state index in [1.165, 1.54) is 0 Å². The van der Waals surface area contributed by atoms with Gasteiger partial charge in [-0.3, -0.25) is 0 Å². The van der Waals surface area contributed by atoms with Crippen LogP contribution in [-0.4, -0.2) is 53.3 Å². The van der Waals surface area contributed by atoms with Crippen LogP contribution in [0.1, 0.15) is 59.3 Å². The van der Waals surface area contributed by atoms with E-state index in [1.54, 1.807) is 0 Å². The van der Waals surface area contributed by atoms with E-state index in [1.807, 2.05) is 13.8 Å². The largest absolute Gasteiger partial charge is 0.353 e. The summed E-state index contributed by atoms with van der Waals surface area (Å²) in [7, 11) is -3.15. The Hall–Kier alpha value is -0.210. The third-order valence-electron chi connectivity index (χ3n) is 3.40. The van der Waals surface area contributed by atoms with Gasteiger partial charge in [-0.1, -0.05) is 26.2 Å². The van der Waals surface area contributed by atoms with Gasteiger partial charge in [-0.05, 0) is 39.7 Å². The summed E-state index contributed by atoms with van der Waals surface area (Å²) in [5.74, 6) is 0.126. The van der Waals surface area contributed by atoms with Crippen LogP contribution in [0.25, 0.3) is 0 Å². The molecule has 0 atom stereocenters. The first-order chi connectivity index (χ1) is 11.1. The van der Waals surface area contributed by atoms with Crippen LogP contribution in [0.15, 0.2) is 0 Å². The van der Waals surface area contributed by atoms with E-state index in [0.717, 1.165) is 45.1 Å². The fourth-order valence-electron chi connectivity index (χ4n) is 2.16. The molecule has 0 aromatic carbocycles.